The standard InChI is InChI=1S/C12H23N3O3/c1-8(16)14-6-10-5-9(13)7-15(10)11(17)18-12(2,3)4/h9-10H,5-7,13H2,1-4H3,(H,14,16). The van der Waals surface area contributed by atoms with Gasteiger partial charge >= 0.3 is 6.09 Å². The van der Waals surface area contributed by atoms with Gasteiger partial charge in [-0.3, -0.25) is 4.79 Å². The SMILES string of the molecule is CC(=O)NCC1CC(N)CN1C(=O)OC(C)(C)C. The third-order valence-electron chi connectivity index (χ3n) is 2.66. The first-order valence-corrected chi connectivity index (χ1v) is 6.18. The monoisotopic (exact) mass is 257 g/mol. The second-order valence-electron chi connectivity index (χ2n) is 5.72. The predicted octanol–water partition coefficient (Wildman–Crippen LogP) is 0.459. The van der Waals surface area contributed by atoms with Crippen molar-refractivity contribution in [3.63, 3.8) is 0 Å². The molecule has 0 aliphatic carbocycles. The molecule has 1 aliphatic rings. The zero-order valence-electron chi connectivity index (χ0n) is 11.5. The van der Waals surface area contributed by atoms with Gasteiger partial charge in [0.05, 0.1) is 6.04 Å². The number of ether oxygens (including phenoxy) is 1. The molecule has 0 spiro atoms. The molecular formula is C12H23N3O3. The highest BCUT2D eigenvalue weighted by Crippen LogP contribution is 2.19. The number of amides is 2. The number of hydrogen-bond acceptors (Lipinski definition) is 4. The smallest absolute Gasteiger partial charge is 0.410 e. The Kier molecular flexibility index (Phi) is 4.56. The van der Waals surface area contributed by atoms with Crippen LogP contribution in [0.15, 0.2) is 0 Å². The van der Waals surface area contributed by atoms with Crippen molar-refractivity contribution in [1.29, 1.82) is 0 Å². The normalized spacial score (nSPS) is 23.9. The van der Waals surface area contributed by atoms with Crippen LogP contribution in [0.3, 0.4) is 0 Å². The average Bonchev–Trinajstić information content (AvgIpc) is 2.54. The Bertz CT molecular complexity index is 325. The first-order chi connectivity index (χ1) is 8.19. The number of likely N-dealkylation sites (tertiary alicyclic amines) is 1. The fourth-order valence-electron chi connectivity index (χ4n) is 1.95. The molecule has 104 valence electrons. The molecule has 0 aromatic heterocycles. The van der Waals surface area contributed by atoms with Crippen molar-refractivity contribution in [1.82, 2.24) is 10.2 Å². The van der Waals surface area contributed by atoms with Crippen LogP contribution in [0.25, 0.3) is 0 Å². The van der Waals surface area contributed by atoms with E-state index in [1.165, 1.54) is 6.92 Å². The van der Waals surface area contributed by atoms with Gasteiger partial charge in [-0.1, -0.05) is 0 Å². The van der Waals surface area contributed by atoms with E-state index in [4.69, 9.17) is 10.5 Å². The van der Waals surface area contributed by atoms with Crippen LogP contribution >= 0.6 is 0 Å². The lowest BCUT2D eigenvalue weighted by atomic mass is 10.2. The molecule has 2 unspecified atom stereocenters. The third kappa shape index (κ3) is 4.52. The molecule has 0 bridgehead atoms. The number of rotatable bonds is 2. The summed E-state index contributed by atoms with van der Waals surface area (Å²) in [7, 11) is 0. The van der Waals surface area contributed by atoms with E-state index >= 15 is 0 Å². The number of carbonyl (C=O) groups excluding carboxylic acids is 2. The molecule has 1 fully saturated rings. The van der Waals surface area contributed by atoms with E-state index in [1.54, 1.807) is 4.90 Å². The molecule has 6 nitrogen and oxygen atoms in total. The van der Waals surface area contributed by atoms with Gasteiger partial charge in [-0.2, -0.15) is 0 Å². The molecule has 2 atom stereocenters. The minimum atomic E-state index is -0.525. The van der Waals surface area contributed by atoms with Crippen LogP contribution in [0.2, 0.25) is 0 Å². The Hall–Kier alpha value is -1.30. The van der Waals surface area contributed by atoms with Crippen molar-refractivity contribution in [3.8, 4) is 0 Å². The van der Waals surface area contributed by atoms with Crippen LogP contribution < -0.4 is 11.1 Å². The molecule has 0 aromatic carbocycles. The Morgan fingerprint density at radius 1 is 1.44 bits per heavy atom. The van der Waals surface area contributed by atoms with Gasteiger partial charge in [0.15, 0.2) is 0 Å². The van der Waals surface area contributed by atoms with E-state index in [1.807, 2.05) is 20.8 Å². The summed E-state index contributed by atoms with van der Waals surface area (Å²) in [5, 5.41) is 2.71. The zero-order chi connectivity index (χ0) is 13.9. The zero-order valence-corrected chi connectivity index (χ0v) is 11.5. The van der Waals surface area contributed by atoms with Gasteiger partial charge in [-0.25, -0.2) is 4.79 Å². The predicted molar refractivity (Wildman–Crippen MR) is 68.0 cm³/mol. The molecule has 0 aromatic rings. The van der Waals surface area contributed by atoms with E-state index in [2.05, 4.69) is 5.32 Å². The fourth-order valence-corrected chi connectivity index (χ4v) is 1.95. The Balaban J connectivity index is 2.60. The summed E-state index contributed by atoms with van der Waals surface area (Å²) in [5.74, 6) is -0.111. The molecule has 18 heavy (non-hydrogen) atoms. The van der Waals surface area contributed by atoms with Gasteiger partial charge in [0, 0.05) is 26.1 Å². The van der Waals surface area contributed by atoms with Gasteiger partial charge in [-0.15, -0.1) is 0 Å². The van der Waals surface area contributed by atoms with Crippen LogP contribution in [0, 0.1) is 0 Å². The molecular weight excluding hydrogens is 234 g/mol. The van der Waals surface area contributed by atoms with E-state index < -0.39 is 5.60 Å². The third-order valence-corrected chi connectivity index (χ3v) is 2.66. The highest BCUT2D eigenvalue weighted by Gasteiger charge is 2.35. The quantitative estimate of drug-likeness (QED) is 0.752. The van der Waals surface area contributed by atoms with Crippen LogP contribution in [0.4, 0.5) is 4.79 Å². The Morgan fingerprint density at radius 3 is 2.56 bits per heavy atom. The summed E-state index contributed by atoms with van der Waals surface area (Å²) in [6, 6.07) is -0.143. The van der Waals surface area contributed by atoms with Gasteiger partial charge in [0.1, 0.15) is 5.60 Å². The van der Waals surface area contributed by atoms with Gasteiger partial charge in [0.25, 0.3) is 0 Å². The second kappa shape index (κ2) is 5.56. The molecule has 1 aliphatic heterocycles. The molecule has 0 saturated carbocycles. The molecule has 1 rings (SSSR count). The minimum absolute atomic E-state index is 0.0590. The van der Waals surface area contributed by atoms with Crippen LogP contribution in [0.5, 0.6) is 0 Å². The maximum atomic E-state index is 12.0. The topological polar surface area (TPSA) is 84.7 Å². The number of carbonyl (C=O) groups is 2. The average molecular weight is 257 g/mol. The summed E-state index contributed by atoms with van der Waals surface area (Å²) in [4.78, 5) is 24.5. The first kappa shape index (κ1) is 14.8. The fraction of sp³-hybridized carbons (Fsp3) is 0.833. The lowest BCUT2D eigenvalue weighted by Crippen LogP contribution is -2.45. The van der Waals surface area contributed by atoms with Gasteiger partial charge in [-0.05, 0) is 27.2 Å². The summed E-state index contributed by atoms with van der Waals surface area (Å²) in [6.45, 7) is 7.81. The van der Waals surface area contributed by atoms with E-state index in [0.717, 1.165) is 0 Å². The largest absolute Gasteiger partial charge is 0.444 e. The Morgan fingerprint density at radius 2 is 2.06 bits per heavy atom. The maximum absolute atomic E-state index is 12.0. The van der Waals surface area contributed by atoms with Crippen LogP contribution in [-0.2, 0) is 9.53 Å². The summed E-state index contributed by atoms with van der Waals surface area (Å²) < 4.78 is 5.33. The van der Waals surface area contributed by atoms with Crippen molar-refractivity contribution in [2.45, 2.75) is 51.8 Å². The summed E-state index contributed by atoms with van der Waals surface area (Å²) in [6.07, 6.45) is 0.310. The van der Waals surface area contributed by atoms with E-state index in [0.29, 0.717) is 19.5 Å². The van der Waals surface area contributed by atoms with Crippen molar-refractivity contribution in [2.75, 3.05) is 13.1 Å². The number of hydrogen-bond donors (Lipinski definition) is 2. The van der Waals surface area contributed by atoms with Gasteiger partial charge in [0.2, 0.25) is 5.91 Å². The molecule has 3 N–H and O–H groups in total. The number of nitrogens with one attached hydrogen (secondary N) is 1. The molecule has 2 amide bonds. The van der Waals surface area contributed by atoms with Crippen LogP contribution in [-0.4, -0.2) is 47.7 Å². The van der Waals surface area contributed by atoms with Crippen molar-refractivity contribution in [3.05, 3.63) is 0 Å². The highest BCUT2D eigenvalue weighted by molar-refractivity contribution is 5.73. The molecule has 1 heterocycles. The van der Waals surface area contributed by atoms with Crippen molar-refractivity contribution in [2.24, 2.45) is 5.73 Å². The first-order valence-electron chi connectivity index (χ1n) is 6.18. The lowest BCUT2D eigenvalue weighted by Gasteiger charge is -2.28. The highest BCUT2D eigenvalue weighted by atomic mass is 16.6. The minimum Gasteiger partial charge on any atom is -0.444 e. The molecule has 1 saturated heterocycles. The van der Waals surface area contributed by atoms with Crippen molar-refractivity contribution >= 4 is 12.0 Å². The Labute approximate surface area is 108 Å². The molecule has 6 heteroatoms. The van der Waals surface area contributed by atoms with E-state index in [9.17, 15) is 9.59 Å². The summed E-state index contributed by atoms with van der Waals surface area (Å²) in [5.41, 5.74) is 5.34. The van der Waals surface area contributed by atoms with E-state index in [-0.39, 0.29) is 24.1 Å². The number of nitrogens with zero attached hydrogens (tertiary/aromatic N) is 1. The molecule has 0 radical (unpaired) electrons. The van der Waals surface area contributed by atoms with Crippen molar-refractivity contribution < 1.29 is 14.3 Å². The van der Waals surface area contributed by atoms with Crippen LogP contribution in [0.1, 0.15) is 34.1 Å². The van der Waals surface area contributed by atoms with Gasteiger partial charge < -0.3 is 20.7 Å². The second-order valence-corrected chi connectivity index (χ2v) is 5.72. The summed E-state index contributed by atoms with van der Waals surface area (Å²) >= 11 is 0. The lowest BCUT2D eigenvalue weighted by molar-refractivity contribution is -0.119. The number of nitrogens with two attached hydrogens (primary N) is 1. The maximum Gasteiger partial charge on any atom is 0.410 e.